The van der Waals surface area contributed by atoms with Gasteiger partial charge in [-0.05, 0) is 24.3 Å². The minimum Gasteiger partial charge on any atom is -0.285 e. The van der Waals surface area contributed by atoms with Crippen molar-refractivity contribution in [2.45, 2.75) is 0 Å². The Hall–Kier alpha value is -3.09. The molecule has 0 saturated heterocycles. The zero-order valence-electron chi connectivity index (χ0n) is 10.2. The topological polar surface area (TPSA) is 100 Å². The van der Waals surface area contributed by atoms with Crippen molar-refractivity contribution in [2.24, 2.45) is 0 Å². The molecule has 0 radical (unpaired) electrons. The quantitative estimate of drug-likeness (QED) is 0.534. The molecule has 0 unspecified atom stereocenters. The molecule has 7 nitrogen and oxygen atoms in total. The Morgan fingerprint density at radius 3 is 1.85 bits per heavy atom. The van der Waals surface area contributed by atoms with Crippen molar-refractivity contribution in [3.8, 4) is 0 Å². The molecule has 0 aliphatic rings. The number of aromatic amines is 2. The van der Waals surface area contributed by atoms with Crippen LogP contribution in [0.1, 0.15) is 16.2 Å². The Morgan fingerprint density at radius 2 is 1.35 bits per heavy atom. The minimum absolute atomic E-state index is 0.212. The van der Waals surface area contributed by atoms with Crippen molar-refractivity contribution in [3.05, 3.63) is 48.0 Å². The predicted octanol–water partition coefficient (Wildman–Crippen LogP) is 1.46. The van der Waals surface area contributed by atoms with Gasteiger partial charge in [0, 0.05) is 12.4 Å². The summed E-state index contributed by atoms with van der Waals surface area (Å²) in [5.41, 5.74) is 1.81. The number of carbonyl (C=O) groups is 1. The number of fused-ring (bicyclic) bond motifs is 2. The maximum Gasteiger partial charge on any atom is 0.229 e. The molecular weight excluding hydrogens is 256 g/mol. The average Bonchev–Trinajstić information content (AvgIpc) is 3.11. The molecule has 0 bridgehead atoms. The first-order valence-corrected chi connectivity index (χ1v) is 5.97. The third kappa shape index (κ3) is 1.43. The van der Waals surface area contributed by atoms with E-state index in [2.05, 4.69) is 30.4 Å². The SMILES string of the molecule is O=C(c1[nH]nc2ncccc12)c1[nH]nc2ncccc12. The molecule has 0 atom stereocenters. The standard InChI is InChI=1S/C13H8N6O/c20-11(9-7-3-1-5-14-12(7)18-16-9)10-8-4-2-6-15-13(8)19-17-10/h1-6H,(H,14,16,18)(H,15,17,19). The summed E-state index contributed by atoms with van der Waals surface area (Å²) in [7, 11) is 0. The predicted molar refractivity (Wildman–Crippen MR) is 71.2 cm³/mol. The van der Waals surface area contributed by atoms with Crippen LogP contribution in [0.3, 0.4) is 0 Å². The van der Waals surface area contributed by atoms with Gasteiger partial charge in [-0.3, -0.25) is 15.0 Å². The molecule has 0 spiro atoms. The van der Waals surface area contributed by atoms with E-state index < -0.39 is 0 Å². The molecule has 4 aromatic rings. The highest BCUT2D eigenvalue weighted by molar-refractivity contribution is 6.18. The van der Waals surface area contributed by atoms with Gasteiger partial charge in [0.25, 0.3) is 0 Å². The van der Waals surface area contributed by atoms with Crippen LogP contribution in [0.5, 0.6) is 0 Å². The molecule has 4 aromatic heterocycles. The van der Waals surface area contributed by atoms with Crippen LogP contribution in [-0.4, -0.2) is 36.1 Å². The normalized spacial score (nSPS) is 11.2. The van der Waals surface area contributed by atoms with Crippen LogP contribution in [0.15, 0.2) is 36.7 Å². The smallest absolute Gasteiger partial charge is 0.229 e. The molecule has 0 aliphatic heterocycles. The van der Waals surface area contributed by atoms with Crippen molar-refractivity contribution in [1.82, 2.24) is 30.4 Å². The molecule has 7 heteroatoms. The lowest BCUT2D eigenvalue weighted by Crippen LogP contribution is -2.03. The second-order valence-corrected chi connectivity index (χ2v) is 4.28. The van der Waals surface area contributed by atoms with Crippen LogP contribution in [0.25, 0.3) is 22.1 Å². The van der Waals surface area contributed by atoms with E-state index in [4.69, 9.17) is 0 Å². The first-order chi connectivity index (χ1) is 9.84. The lowest BCUT2D eigenvalue weighted by molar-refractivity contribution is 0.103. The van der Waals surface area contributed by atoms with Gasteiger partial charge in [0.05, 0.1) is 10.8 Å². The molecule has 0 fully saturated rings. The van der Waals surface area contributed by atoms with Gasteiger partial charge in [-0.15, -0.1) is 0 Å². The molecule has 4 heterocycles. The number of hydrogen-bond acceptors (Lipinski definition) is 5. The number of carbonyl (C=O) groups excluding carboxylic acids is 1. The summed E-state index contributed by atoms with van der Waals surface area (Å²) in [5, 5.41) is 14.9. The molecule has 96 valence electrons. The first-order valence-electron chi connectivity index (χ1n) is 5.97. The van der Waals surface area contributed by atoms with E-state index in [9.17, 15) is 4.79 Å². The Morgan fingerprint density at radius 1 is 0.850 bits per heavy atom. The van der Waals surface area contributed by atoms with Crippen LogP contribution >= 0.6 is 0 Å². The summed E-state index contributed by atoms with van der Waals surface area (Å²) < 4.78 is 0. The van der Waals surface area contributed by atoms with Crippen molar-refractivity contribution >= 4 is 27.9 Å². The number of aromatic nitrogens is 6. The number of nitrogens with zero attached hydrogens (tertiary/aromatic N) is 4. The highest BCUT2D eigenvalue weighted by Crippen LogP contribution is 2.20. The lowest BCUT2D eigenvalue weighted by Gasteiger charge is -1.96. The van der Waals surface area contributed by atoms with Gasteiger partial charge >= 0.3 is 0 Å². The number of ketones is 1. The van der Waals surface area contributed by atoms with E-state index in [0.717, 1.165) is 0 Å². The molecule has 0 amide bonds. The summed E-state index contributed by atoms with van der Waals surface area (Å²) >= 11 is 0. The van der Waals surface area contributed by atoms with Crippen molar-refractivity contribution < 1.29 is 4.79 Å². The minimum atomic E-state index is -0.212. The third-order valence-corrected chi connectivity index (χ3v) is 3.11. The fraction of sp³-hybridized carbons (Fsp3) is 0. The van der Waals surface area contributed by atoms with Crippen LogP contribution in [0.2, 0.25) is 0 Å². The molecule has 0 aliphatic carbocycles. The Balaban J connectivity index is 1.92. The number of H-pyrrole nitrogens is 2. The summed E-state index contributed by atoms with van der Waals surface area (Å²) in [4.78, 5) is 20.8. The van der Waals surface area contributed by atoms with E-state index in [-0.39, 0.29) is 5.78 Å². The van der Waals surface area contributed by atoms with Gasteiger partial charge in [0.2, 0.25) is 5.78 Å². The highest BCUT2D eigenvalue weighted by atomic mass is 16.1. The maximum atomic E-state index is 12.6. The van der Waals surface area contributed by atoms with E-state index in [1.54, 1.807) is 36.7 Å². The van der Waals surface area contributed by atoms with E-state index in [1.165, 1.54) is 0 Å². The van der Waals surface area contributed by atoms with Crippen molar-refractivity contribution in [3.63, 3.8) is 0 Å². The summed E-state index contributed by atoms with van der Waals surface area (Å²) in [6.45, 7) is 0. The zero-order valence-corrected chi connectivity index (χ0v) is 10.2. The Bertz CT molecular complexity index is 862. The molecule has 0 saturated carbocycles. The molecule has 20 heavy (non-hydrogen) atoms. The van der Waals surface area contributed by atoms with Gasteiger partial charge in [-0.2, -0.15) is 10.2 Å². The third-order valence-electron chi connectivity index (χ3n) is 3.11. The zero-order chi connectivity index (χ0) is 13.5. The first kappa shape index (κ1) is 10.8. The largest absolute Gasteiger partial charge is 0.285 e. The van der Waals surface area contributed by atoms with Crippen LogP contribution in [0.4, 0.5) is 0 Å². The van der Waals surface area contributed by atoms with Gasteiger partial charge in [-0.25, -0.2) is 9.97 Å². The van der Waals surface area contributed by atoms with Gasteiger partial charge in [0.1, 0.15) is 11.4 Å². The number of hydrogen-bond donors (Lipinski definition) is 2. The van der Waals surface area contributed by atoms with E-state index >= 15 is 0 Å². The van der Waals surface area contributed by atoms with Crippen LogP contribution in [0, 0.1) is 0 Å². The molecule has 2 N–H and O–H groups in total. The van der Waals surface area contributed by atoms with Gasteiger partial charge < -0.3 is 0 Å². The Labute approximate surface area is 112 Å². The summed E-state index contributed by atoms with van der Waals surface area (Å²) in [6.07, 6.45) is 3.26. The molecule has 0 aromatic carbocycles. The van der Waals surface area contributed by atoms with Crippen molar-refractivity contribution in [1.29, 1.82) is 0 Å². The summed E-state index contributed by atoms with van der Waals surface area (Å²) in [5.74, 6) is -0.212. The van der Waals surface area contributed by atoms with Gasteiger partial charge in [-0.1, -0.05) is 0 Å². The van der Waals surface area contributed by atoms with Crippen LogP contribution < -0.4 is 0 Å². The average molecular weight is 264 g/mol. The summed E-state index contributed by atoms with van der Waals surface area (Å²) in [6, 6.07) is 7.13. The maximum absolute atomic E-state index is 12.6. The van der Waals surface area contributed by atoms with Gasteiger partial charge in [0.15, 0.2) is 11.3 Å². The Kier molecular flexibility index (Phi) is 2.13. The lowest BCUT2D eigenvalue weighted by atomic mass is 10.1. The monoisotopic (exact) mass is 264 g/mol. The molecule has 4 rings (SSSR count). The van der Waals surface area contributed by atoms with Crippen molar-refractivity contribution in [2.75, 3.05) is 0 Å². The number of pyridine rings is 2. The highest BCUT2D eigenvalue weighted by Gasteiger charge is 2.20. The fourth-order valence-corrected chi connectivity index (χ4v) is 2.17. The van der Waals surface area contributed by atoms with E-state index in [1.807, 2.05) is 0 Å². The number of rotatable bonds is 2. The number of nitrogens with one attached hydrogen (secondary N) is 2. The molecular formula is C13H8N6O. The van der Waals surface area contributed by atoms with Crippen LogP contribution in [-0.2, 0) is 0 Å². The second-order valence-electron chi connectivity index (χ2n) is 4.28. The fourth-order valence-electron chi connectivity index (χ4n) is 2.17. The second kappa shape index (κ2) is 3.95. The van der Waals surface area contributed by atoms with E-state index in [0.29, 0.717) is 33.5 Å².